The smallest absolute Gasteiger partial charge is 0.335 e. The number of benzene rings is 2. The van der Waals surface area contributed by atoms with Crippen molar-refractivity contribution in [3.63, 3.8) is 0 Å². The Morgan fingerprint density at radius 1 is 0.331 bits per heavy atom. The summed E-state index contributed by atoms with van der Waals surface area (Å²) >= 11 is 0. The van der Waals surface area contributed by atoms with Crippen LogP contribution in [-0.2, 0) is 100 Å². The largest absolute Gasteiger partial charge is 0.494 e. The number of carboxylic acid groups (broad SMARTS) is 4. The number of hydrogen-bond donors (Lipinski definition) is 10. The van der Waals surface area contributed by atoms with Gasteiger partial charge in [-0.3, -0.25) is 57.5 Å². The SMILES string of the molecule is CC(=O)[C@H](CCCCNC(=O)COCCOCCCC(=O)COCCOCCNC(=O)CC[C@H](CC(=O)CCCCCCCCCOc1ccc(C(=O)O)cc1)C(=O)O)CC(=O)[C@H](CCCCNC(=O)COCCOCCNC(=O)COCCOCCNC(=O)CC[C@H](NC(=O)CCCCCOc1ccc(C(=O)O)cc1)C(=O)O)CC(=O)C(C)(C)C.[HH].[HH]. The van der Waals surface area contributed by atoms with Crippen molar-refractivity contribution >= 4 is 88.2 Å². The fourth-order valence-electron chi connectivity index (χ4n) is 11.8. The van der Waals surface area contributed by atoms with Crippen LogP contribution in [0.15, 0.2) is 48.5 Å². The molecule has 0 aliphatic carbocycles. The third-order valence-electron chi connectivity index (χ3n) is 19.0. The van der Waals surface area contributed by atoms with Gasteiger partial charge in [0.05, 0.1) is 103 Å². The normalized spacial score (nSPS) is 12.2. The van der Waals surface area contributed by atoms with Crippen LogP contribution in [0.2, 0.25) is 0 Å². The summed E-state index contributed by atoms with van der Waals surface area (Å²) in [4.78, 5) is 184. The molecule has 0 aromatic heterocycles. The van der Waals surface area contributed by atoms with Crippen molar-refractivity contribution in [3.05, 3.63) is 59.7 Å². The minimum atomic E-state index is -1.26. The van der Waals surface area contributed by atoms with E-state index >= 15 is 0 Å². The lowest BCUT2D eigenvalue weighted by Crippen LogP contribution is -2.41. The molecular formula is C86H138N6O29. The molecule has 121 heavy (non-hydrogen) atoms. The molecular weight excluding hydrogens is 1580 g/mol. The Balaban J connectivity index is 0.0000744. The van der Waals surface area contributed by atoms with Crippen molar-refractivity contribution in [2.75, 3.05) is 152 Å². The minimum Gasteiger partial charge on any atom is -0.494 e. The maximum atomic E-state index is 13.8. The number of Topliss-reactive ketones (excluding diaryl/α,β-unsaturated/α-hetero) is 5. The molecule has 0 aliphatic heterocycles. The second kappa shape index (κ2) is 68.3. The third-order valence-corrected chi connectivity index (χ3v) is 19.0. The lowest BCUT2D eigenvalue weighted by Gasteiger charge is -2.23. The molecule has 2 aromatic rings. The lowest BCUT2D eigenvalue weighted by molar-refractivity contribution is -0.144. The van der Waals surface area contributed by atoms with Gasteiger partial charge in [-0.2, -0.15) is 0 Å². The number of amides is 6. The monoisotopic (exact) mass is 1720 g/mol. The molecule has 2 rings (SSSR count). The van der Waals surface area contributed by atoms with Gasteiger partial charge in [-0.1, -0.05) is 65.7 Å². The van der Waals surface area contributed by atoms with E-state index in [9.17, 15) is 82.1 Å². The highest BCUT2D eigenvalue weighted by Crippen LogP contribution is 2.27. The van der Waals surface area contributed by atoms with Gasteiger partial charge in [-0.15, -0.1) is 0 Å². The molecule has 686 valence electrons. The zero-order valence-corrected chi connectivity index (χ0v) is 71.3. The van der Waals surface area contributed by atoms with E-state index in [1.807, 2.05) is 0 Å². The van der Waals surface area contributed by atoms with Gasteiger partial charge in [0, 0.05) is 111 Å². The molecule has 0 saturated heterocycles. The Labute approximate surface area is 712 Å². The van der Waals surface area contributed by atoms with Crippen LogP contribution in [0.3, 0.4) is 0 Å². The number of aromatic carboxylic acids is 2. The van der Waals surface area contributed by atoms with Crippen molar-refractivity contribution < 1.29 is 143 Å². The number of carbonyl (C=O) groups is 15. The van der Waals surface area contributed by atoms with Crippen LogP contribution in [0.1, 0.15) is 225 Å². The van der Waals surface area contributed by atoms with Crippen LogP contribution in [0, 0.1) is 23.2 Å². The molecule has 2 aromatic carbocycles. The average Bonchev–Trinajstić information content (AvgIpc) is 0.753. The standard InChI is InChI=1S/C86H134N6O29.2H2/c1-63(93)66(20-13-15-37-87-79(101)60-117-53-48-112-42-19-23-70(95)59-116-52-49-113-45-39-89-76(98)35-29-68(84(108)109)56-69(94)22-11-8-6-5-7-9-17-43-120-71-30-25-64(26-31-71)82(104)105)57-74(96)67(58-75(97)86(2,3)4)21-14-16-38-88-80(102)61-118-54-51-115-47-41-91-81(103)62-119-55-50-114-46-40-90-77(99)36-34-73(85(110)111)92-78(100)24-12-10-18-44-121-72-32-27-65(28-33-72)83(106)107;;/h25-28,30-33,66-68,73H,5-24,29,34-62H2,1-4H3,(H,87,101)(H,88,102)(H,89,98)(H,90,99)(H,91,103)(H,92,100)(H,104,105)(H,106,107)(H,108,109)(H,110,111);2*1H/t66-,67-,68-,73+;;/m1../s1. The summed E-state index contributed by atoms with van der Waals surface area (Å²) in [5, 5.41) is 53.2. The molecule has 35 nitrogen and oxygen atoms in total. The predicted molar refractivity (Wildman–Crippen MR) is 446 cm³/mol. The fraction of sp³-hybridized carbons (Fsp3) is 0.686. The summed E-state index contributed by atoms with van der Waals surface area (Å²) in [6, 6.07) is 11.0. The Hall–Kier alpha value is -9.23. The van der Waals surface area contributed by atoms with Crippen molar-refractivity contribution in [2.45, 2.75) is 207 Å². The third kappa shape index (κ3) is 59.2. The van der Waals surface area contributed by atoms with E-state index < -0.39 is 64.9 Å². The molecule has 0 aliphatic rings. The topological polar surface area (TPSA) is 501 Å². The molecule has 10 N–H and O–H groups in total. The van der Waals surface area contributed by atoms with Crippen LogP contribution in [0.4, 0.5) is 0 Å². The van der Waals surface area contributed by atoms with Crippen molar-refractivity contribution in [1.82, 2.24) is 31.9 Å². The summed E-state index contributed by atoms with van der Waals surface area (Å²) in [6.45, 7) is 10.1. The number of ether oxygens (including phenoxy) is 10. The minimum absolute atomic E-state index is 0. The number of unbranched alkanes of at least 4 members (excludes halogenated alkanes) is 10. The number of carboxylic acids is 4. The van der Waals surface area contributed by atoms with Gasteiger partial charge in [-0.25, -0.2) is 14.4 Å². The second-order valence-corrected chi connectivity index (χ2v) is 30.3. The average molecular weight is 1720 g/mol. The highest BCUT2D eigenvalue weighted by atomic mass is 16.5. The maximum Gasteiger partial charge on any atom is 0.335 e. The quantitative estimate of drug-likeness (QED) is 0.0284. The van der Waals surface area contributed by atoms with Gasteiger partial charge in [0.1, 0.15) is 67.1 Å². The Kier molecular flexibility index (Phi) is 60.9. The van der Waals surface area contributed by atoms with Gasteiger partial charge in [0.2, 0.25) is 35.4 Å². The van der Waals surface area contributed by atoms with Gasteiger partial charge in [-0.05, 0) is 133 Å². The van der Waals surface area contributed by atoms with E-state index in [1.165, 1.54) is 31.2 Å². The zero-order valence-electron chi connectivity index (χ0n) is 71.3. The molecule has 0 fully saturated rings. The van der Waals surface area contributed by atoms with E-state index in [0.717, 1.165) is 38.5 Å². The van der Waals surface area contributed by atoms with Crippen molar-refractivity contribution in [1.29, 1.82) is 0 Å². The highest BCUT2D eigenvalue weighted by molar-refractivity contribution is 5.93. The first kappa shape index (κ1) is 108. The molecule has 0 spiro atoms. The summed E-state index contributed by atoms with van der Waals surface area (Å²) < 4.78 is 54.6. The predicted octanol–water partition coefficient (Wildman–Crippen LogP) is 7.69. The maximum absolute atomic E-state index is 13.8. The lowest BCUT2D eigenvalue weighted by atomic mass is 9.79. The molecule has 0 bridgehead atoms. The number of ketones is 5. The Morgan fingerprint density at radius 3 is 1.18 bits per heavy atom. The first-order valence-electron chi connectivity index (χ1n) is 42.3. The first-order chi connectivity index (χ1) is 58.0. The molecule has 4 atom stereocenters. The number of nitrogens with one attached hydrogen (secondary N) is 6. The first-order valence-corrected chi connectivity index (χ1v) is 42.3. The highest BCUT2D eigenvalue weighted by Gasteiger charge is 2.31. The second-order valence-electron chi connectivity index (χ2n) is 30.3. The van der Waals surface area contributed by atoms with Gasteiger partial charge >= 0.3 is 23.9 Å². The Bertz CT molecular complexity index is 3380. The fourth-order valence-corrected chi connectivity index (χ4v) is 11.8. The summed E-state index contributed by atoms with van der Waals surface area (Å²) in [7, 11) is 0. The summed E-state index contributed by atoms with van der Waals surface area (Å²) in [5.41, 5.74) is -0.325. The van der Waals surface area contributed by atoms with E-state index in [4.69, 9.17) is 57.6 Å². The van der Waals surface area contributed by atoms with Gasteiger partial charge in [0.15, 0.2) is 5.78 Å². The van der Waals surface area contributed by atoms with Crippen molar-refractivity contribution in [2.24, 2.45) is 23.2 Å². The molecule has 0 saturated carbocycles. The van der Waals surface area contributed by atoms with Crippen molar-refractivity contribution in [3.8, 4) is 11.5 Å². The van der Waals surface area contributed by atoms with Crippen LogP contribution >= 0.6 is 0 Å². The van der Waals surface area contributed by atoms with E-state index in [1.54, 1.807) is 45.0 Å². The molecule has 35 heteroatoms. The van der Waals surface area contributed by atoms with Crippen LogP contribution in [-0.4, -0.2) is 266 Å². The van der Waals surface area contributed by atoms with Crippen LogP contribution in [0.5, 0.6) is 11.5 Å². The van der Waals surface area contributed by atoms with Crippen LogP contribution in [0.25, 0.3) is 0 Å². The van der Waals surface area contributed by atoms with E-state index in [-0.39, 0.29) is 243 Å². The van der Waals surface area contributed by atoms with E-state index in [2.05, 4.69) is 31.9 Å². The summed E-state index contributed by atoms with van der Waals surface area (Å²) in [5.74, 6) is -8.27. The zero-order chi connectivity index (χ0) is 89.1. The molecule has 0 unspecified atom stereocenters. The van der Waals surface area contributed by atoms with E-state index in [0.29, 0.717) is 121 Å². The number of hydrogen-bond acceptors (Lipinski definition) is 25. The molecule has 0 radical (unpaired) electrons. The van der Waals surface area contributed by atoms with Crippen LogP contribution < -0.4 is 41.4 Å². The number of carbonyl (C=O) groups excluding carboxylic acids is 11. The van der Waals surface area contributed by atoms with Gasteiger partial charge < -0.3 is 99.7 Å². The molecule has 0 heterocycles. The number of aliphatic carboxylic acids is 2. The number of rotatable bonds is 80. The van der Waals surface area contributed by atoms with Gasteiger partial charge in [0.25, 0.3) is 0 Å². The molecule has 6 amide bonds. The Morgan fingerprint density at radius 2 is 0.727 bits per heavy atom. The summed E-state index contributed by atoms with van der Waals surface area (Å²) in [6.07, 6.45) is 11.8.